The zero-order valence-electron chi connectivity index (χ0n) is 10.1. The molecule has 2 N–H and O–H groups in total. The van der Waals surface area contributed by atoms with Crippen molar-refractivity contribution in [2.45, 2.75) is 11.8 Å². The van der Waals surface area contributed by atoms with Gasteiger partial charge in [0.05, 0.1) is 13.2 Å². The van der Waals surface area contributed by atoms with Gasteiger partial charge < -0.3 is 10.2 Å². The fourth-order valence-electron chi connectivity index (χ4n) is 2.10. The lowest BCUT2D eigenvalue weighted by molar-refractivity contribution is 0.114. The molecule has 0 radical (unpaired) electrons. The Labute approximate surface area is 123 Å². The van der Waals surface area contributed by atoms with Gasteiger partial charge in [0, 0.05) is 20.1 Å². The van der Waals surface area contributed by atoms with Crippen LogP contribution in [0.4, 0.5) is 4.39 Å². The topological polar surface area (TPSA) is 40.5 Å². The van der Waals surface area contributed by atoms with Gasteiger partial charge in [-0.1, -0.05) is 18.2 Å². The van der Waals surface area contributed by atoms with Gasteiger partial charge in [0.25, 0.3) is 0 Å². The third-order valence-electron chi connectivity index (χ3n) is 3.18. The van der Waals surface area contributed by atoms with Gasteiger partial charge in [-0.25, -0.2) is 4.39 Å². The molecule has 0 saturated heterocycles. The zero-order valence-corrected chi connectivity index (χ0v) is 12.5. The predicted octanol–water partition coefficient (Wildman–Crippen LogP) is 3.11. The Morgan fingerprint density at radius 2 is 1.89 bits per heavy atom. The molecule has 1 aromatic carbocycles. The van der Waals surface area contributed by atoms with Crippen molar-refractivity contribution in [1.29, 1.82) is 0 Å². The average molecular weight is 345 g/mol. The molecule has 2 rings (SSSR count). The van der Waals surface area contributed by atoms with Crippen LogP contribution in [0.5, 0.6) is 0 Å². The van der Waals surface area contributed by atoms with Crippen LogP contribution in [0.3, 0.4) is 0 Å². The van der Waals surface area contributed by atoms with Gasteiger partial charge in [0.1, 0.15) is 5.82 Å². The third kappa shape index (κ3) is 3.05. The molecule has 0 atom stereocenters. The largest absolute Gasteiger partial charge is 0.395 e. The van der Waals surface area contributed by atoms with E-state index in [2.05, 4.69) is 15.9 Å². The summed E-state index contributed by atoms with van der Waals surface area (Å²) in [7, 11) is 0. The van der Waals surface area contributed by atoms with E-state index in [1.54, 1.807) is 18.2 Å². The summed E-state index contributed by atoms with van der Waals surface area (Å²) in [6.45, 7) is -0.611. The van der Waals surface area contributed by atoms with Crippen molar-refractivity contribution < 1.29 is 14.6 Å². The highest BCUT2D eigenvalue weighted by atomic mass is 79.9. The minimum Gasteiger partial charge on any atom is -0.395 e. The quantitative estimate of drug-likeness (QED) is 0.874. The van der Waals surface area contributed by atoms with Crippen LogP contribution in [0.1, 0.15) is 10.4 Å². The number of halogens is 2. The smallest absolute Gasteiger partial charge is 0.127 e. The van der Waals surface area contributed by atoms with E-state index in [-0.39, 0.29) is 13.2 Å². The molecule has 5 heteroatoms. The molecule has 0 unspecified atom stereocenters. The predicted molar refractivity (Wildman–Crippen MR) is 78.0 cm³/mol. The molecule has 0 bridgehead atoms. The molecule has 0 aliphatic heterocycles. The maximum absolute atomic E-state index is 13.9. The summed E-state index contributed by atoms with van der Waals surface area (Å²) in [4.78, 5) is 0.984. The van der Waals surface area contributed by atoms with Crippen molar-refractivity contribution in [2.24, 2.45) is 0 Å². The highest BCUT2D eigenvalue weighted by molar-refractivity contribution is 9.10. The van der Waals surface area contributed by atoms with E-state index in [1.807, 2.05) is 11.4 Å². The summed E-state index contributed by atoms with van der Waals surface area (Å²) in [6.07, 6.45) is 0.400. The van der Waals surface area contributed by atoms with Gasteiger partial charge in [-0.05, 0) is 40.0 Å². The van der Waals surface area contributed by atoms with Crippen LogP contribution in [-0.4, -0.2) is 23.4 Å². The standard InChI is InChI=1S/C14H14BrFO2S/c15-10-5-11(19-7-10)6-14(8-17,9-18)12-3-1-2-4-13(12)16/h1-5,7,17-18H,6,8-9H2. The molecule has 102 valence electrons. The SMILES string of the molecule is OCC(CO)(Cc1cc(Br)cs1)c1ccccc1F. The van der Waals surface area contributed by atoms with Crippen LogP contribution in [0.2, 0.25) is 0 Å². The van der Waals surface area contributed by atoms with E-state index in [9.17, 15) is 14.6 Å². The van der Waals surface area contributed by atoms with E-state index in [0.717, 1.165) is 9.35 Å². The monoisotopic (exact) mass is 344 g/mol. The summed E-state index contributed by atoms with van der Waals surface area (Å²) in [6, 6.07) is 8.19. The van der Waals surface area contributed by atoms with E-state index in [4.69, 9.17) is 0 Å². The number of rotatable bonds is 5. The highest BCUT2D eigenvalue weighted by Crippen LogP contribution is 2.33. The molecule has 2 aromatic rings. The second kappa shape index (κ2) is 6.13. The van der Waals surface area contributed by atoms with Crippen LogP contribution in [0.15, 0.2) is 40.2 Å². The highest BCUT2D eigenvalue weighted by Gasteiger charge is 2.34. The van der Waals surface area contributed by atoms with Gasteiger partial charge in [0.15, 0.2) is 0 Å². The van der Waals surface area contributed by atoms with Gasteiger partial charge in [-0.2, -0.15) is 0 Å². The molecule has 0 fully saturated rings. The maximum Gasteiger partial charge on any atom is 0.127 e. The zero-order chi connectivity index (χ0) is 13.9. The molecule has 0 aliphatic rings. The van der Waals surface area contributed by atoms with Gasteiger partial charge in [0.2, 0.25) is 0 Å². The molecular formula is C14H14BrFO2S. The Morgan fingerprint density at radius 1 is 1.21 bits per heavy atom. The fraction of sp³-hybridized carbons (Fsp3) is 0.286. The molecule has 0 saturated carbocycles. The molecule has 2 nitrogen and oxygen atoms in total. The van der Waals surface area contributed by atoms with Crippen LogP contribution in [-0.2, 0) is 11.8 Å². The Balaban J connectivity index is 2.40. The number of aliphatic hydroxyl groups is 2. The Hall–Kier alpha value is -0.750. The molecular weight excluding hydrogens is 331 g/mol. The third-order valence-corrected chi connectivity index (χ3v) is 4.88. The Kier molecular flexibility index (Phi) is 4.73. The number of benzene rings is 1. The summed E-state index contributed by atoms with van der Waals surface area (Å²) >= 11 is 4.88. The molecule has 0 amide bonds. The molecule has 0 aliphatic carbocycles. The van der Waals surface area contributed by atoms with Gasteiger partial charge in [-0.15, -0.1) is 11.3 Å². The molecule has 0 spiro atoms. The van der Waals surface area contributed by atoms with Crippen LogP contribution < -0.4 is 0 Å². The summed E-state index contributed by atoms with van der Waals surface area (Å²) in [5, 5.41) is 21.3. The van der Waals surface area contributed by atoms with E-state index in [0.29, 0.717) is 12.0 Å². The van der Waals surface area contributed by atoms with Crippen molar-refractivity contribution in [2.75, 3.05) is 13.2 Å². The fourth-order valence-corrected chi connectivity index (χ4v) is 3.69. The van der Waals surface area contributed by atoms with E-state index >= 15 is 0 Å². The second-order valence-corrected chi connectivity index (χ2v) is 6.40. The first kappa shape index (κ1) is 14.7. The molecule has 19 heavy (non-hydrogen) atoms. The number of hydrogen-bond acceptors (Lipinski definition) is 3. The van der Waals surface area contributed by atoms with Crippen LogP contribution in [0, 0.1) is 5.82 Å². The first-order valence-electron chi connectivity index (χ1n) is 5.81. The first-order valence-corrected chi connectivity index (χ1v) is 7.48. The average Bonchev–Trinajstić information content (AvgIpc) is 2.82. The van der Waals surface area contributed by atoms with Crippen molar-refractivity contribution in [3.8, 4) is 0 Å². The van der Waals surface area contributed by atoms with Crippen LogP contribution >= 0.6 is 27.3 Å². The lowest BCUT2D eigenvalue weighted by Gasteiger charge is -2.30. The molecule has 1 aromatic heterocycles. The normalized spacial score (nSPS) is 11.8. The lowest BCUT2D eigenvalue weighted by Crippen LogP contribution is -2.38. The Bertz CT molecular complexity index is 552. The van der Waals surface area contributed by atoms with Crippen molar-refractivity contribution in [3.63, 3.8) is 0 Å². The summed E-state index contributed by atoms with van der Waals surface area (Å²) in [5.41, 5.74) is -0.639. The number of aliphatic hydroxyl groups excluding tert-OH is 2. The molecule has 1 heterocycles. The lowest BCUT2D eigenvalue weighted by atomic mass is 9.78. The van der Waals surface area contributed by atoms with Crippen LogP contribution in [0.25, 0.3) is 0 Å². The van der Waals surface area contributed by atoms with Crippen molar-refractivity contribution >= 4 is 27.3 Å². The maximum atomic E-state index is 13.9. The minimum atomic E-state index is -0.990. The van der Waals surface area contributed by atoms with Crippen molar-refractivity contribution in [1.82, 2.24) is 0 Å². The summed E-state index contributed by atoms with van der Waals surface area (Å²) in [5.74, 6) is -0.402. The van der Waals surface area contributed by atoms with E-state index < -0.39 is 11.2 Å². The van der Waals surface area contributed by atoms with Gasteiger partial charge in [-0.3, -0.25) is 0 Å². The van der Waals surface area contributed by atoms with E-state index in [1.165, 1.54) is 17.4 Å². The Morgan fingerprint density at radius 3 is 2.42 bits per heavy atom. The summed E-state index contributed by atoms with van der Waals surface area (Å²) < 4.78 is 14.9. The first-order chi connectivity index (χ1) is 9.11. The number of hydrogen-bond donors (Lipinski definition) is 2. The van der Waals surface area contributed by atoms with Crippen molar-refractivity contribution in [3.05, 3.63) is 56.4 Å². The minimum absolute atomic E-state index is 0.306. The second-order valence-electron chi connectivity index (χ2n) is 4.48. The number of thiophene rings is 1. The van der Waals surface area contributed by atoms with Gasteiger partial charge >= 0.3 is 0 Å².